The lowest BCUT2D eigenvalue weighted by molar-refractivity contribution is 0.0923. The minimum absolute atomic E-state index is 0.236. The molecule has 0 saturated heterocycles. The number of hydrogen-bond donors (Lipinski definition) is 2. The minimum atomic E-state index is -0.595. The first-order valence-corrected chi connectivity index (χ1v) is 9.54. The van der Waals surface area contributed by atoms with Crippen molar-refractivity contribution < 1.29 is 18.7 Å². The maximum Gasteiger partial charge on any atom is 0.427 e. The first kappa shape index (κ1) is 19.7. The molecule has 1 aliphatic carbocycles. The van der Waals surface area contributed by atoms with Gasteiger partial charge in [-0.3, -0.25) is 4.79 Å². The molecule has 1 aromatic carbocycles. The monoisotopic (exact) mass is 383 g/mol. The van der Waals surface area contributed by atoms with Gasteiger partial charge in [0.2, 0.25) is 0 Å². The second-order valence-corrected chi connectivity index (χ2v) is 6.59. The second kappa shape index (κ2) is 9.21. The summed E-state index contributed by atoms with van der Waals surface area (Å²) in [6.45, 7) is 4.38. The Hall–Kier alpha value is -3.09. The highest BCUT2D eigenvalue weighted by atomic mass is 16.5. The summed E-state index contributed by atoms with van der Waals surface area (Å²) in [5.74, 6) is 0.811. The van der Waals surface area contributed by atoms with Crippen LogP contribution in [0.2, 0.25) is 0 Å². The molecule has 148 valence electrons. The van der Waals surface area contributed by atoms with Crippen molar-refractivity contribution >= 4 is 17.7 Å². The maximum absolute atomic E-state index is 12.6. The topological polar surface area (TPSA) is 92.9 Å². The van der Waals surface area contributed by atoms with Crippen LogP contribution in [0.3, 0.4) is 0 Å². The molecule has 7 nitrogen and oxygen atoms in total. The van der Waals surface area contributed by atoms with Gasteiger partial charge >= 0.3 is 6.09 Å². The molecule has 0 saturated carbocycles. The van der Waals surface area contributed by atoms with Crippen molar-refractivity contribution in [2.45, 2.75) is 39.5 Å². The van der Waals surface area contributed by atoms with Crippen molar-refractivity contribution in [3.63, 3.8) is 0 Å². The standard InChI is InChI=1S/C21H25N3O4/c1-3-27-21(26)24-23-16-10-7-11-17-18(16)14(2)19(28-17)20(25)22-13-12-15-8-5-4-6-9-15/h4-6,8-9H,3,7,10-13H2,1-2H3,(H,22,25)(H,24,26)/b23-16+. The summed E-state index contributed by atoms with van der Waals surface area (Å²) in [4.78, 5) is 24.1. The average molecular weight is 383 g/mol. The van der Waals surface area contributed by atoms with Gasteiger partial charge in [-0.1, -0.05) is 30.3 Å². The van der Waals surface area contributed by atoms with Gasteiger partial charge in [-0.05, 0) is 38.7 Å². The Balaban J connectivity index is 1.69. The molecular formula is C21H25N3O4. The van der Waals surface area contributed by atoms with Gasteiger partial charge in [0, 0.05) is 24.1 Å². The van der Waals surface area contributed by atoms with E-state index < -0.39 is 6.09 Å². The van der Waals surface area contributed by atoms with Gasteiger partial charge in [-0.25, -0.2) is 10.2 Å². The Bertz CT molecular complexity index is 871. The number of nitrogens with zero attached hydrogens (tertiary/aromatic N) is 1. The fraction of sp³-hybridized carbons (Fsp3) is 0.381. The summed E-state index contributed by atoms with van der Waals surface area (Å²) in [7, 11) is 0. The van der Waals surface area contributed by atoms with Crippen molar-refractivity contribution in [1.82, 2.24) is 10.7 Å². The number of amides is 2. The van der Waals surface area contributed by atoms with Crippen molar-refractivity contribution in [3.8, 4) is 0 Å². The molecular weight excluding hydrogens is 358 g/mol. The molecule has 2 aromatic rings. The van der Waals surface area contributed by atoms with E-state index >= 15 is 0 Å². The molecule has 0 atom stereocenters. The van der Waals surface area contributed by atoms with E-state index in [1.54, 1.807) is 6.92 Å². The Morgan fingerprint density at radius 1 is 1.21 bits per heavy atom. The van der Waals surface area contributed by atoms with Crippen LogP contribution in [0.15, 0.2) is 39.9 Å². The first-order chi connectivity index (χ1) is 13.6. The molecule has 1 heterocycles. The number of rotatable bonds is 6. The summed E-state index contributed by atoms with van der Waals surface area (Å²) in [6, 6.07) is 9.99. The molecule has 0 spiro atoms. The highest BCUT2D eigenvalue weighted by Gasteiger charge is 2.28. The van der Waals surface area contributed by atoms with Gasteiger partial charge in [0.05, 0.1) is 12.3 Å². The third-order valence-corrected chi connectivity index (χ3v) is 4.63. The highest BCUT2D eigenvalue weighted by molar-refractivity contribution is 6.06. The van der Waals surface area contributed by atoms with E-state index in [-0.39, 0.29) is 12.5 Å². The smallest absolute Gasteiger partial charge is 0.427 e. The first-order valence-electron chi connectivity index (χ1n) is 9.54. The largest absolute Gasteiger partial charge is 0.455 e. The summed E-state index contributed by atoms with van der Waals surface area (Å²) in [5.41, 5.74) is 5.83. The number of hydrazone groups is 1. The number of fused-ring (bicyclic) bond motifs is 1. The quantitative estimate of drug-likeness (QED) is 0.748. The lowest BCUT2D eigenvalue weighted by Crippen LogP contribution is -2.26. The summed E-state index contributed by atoms with van der Waals surface area (Å²) >= 11 is 0. The molecule has 2 N–H and O–H groups in total. The van der Waals surface area contributed by atoms with Gasteiger partial charge in [0.25, 0.3) is 5.91 Å². The molecule has 0 fully saturated rings. The van der Waals surface area contributed by atoms with Crippen LogP contribution in [0.1, 0.15) is 52.8 Å². The van der Waals surface area contributed by atoms with Crippen LogP contribution < -0.4 is 10.7 Å². The zero-order valence-electron chi connectivity index (χ0n) is 16.2. The van der Waals surface area contributed by atoms with Crippen LogP contribution in [-0.2, 0) is 17.6 Å². The van der Waals surface area contributed by atoms with E-state index in [1.807, 2.05) is 37.3 Å². The summed E-state index contributed by atoms with van der Waals surface area (Å²) < 4.78 is 10.7. The van der Waals surface area contributed by atoms with E-state index in [1.165, 1.54) is 0 Å². The number of aryl methyl sites for hydroxylation is 1. The number of benzene rings is 1. The van der Waals surface area contributed by atoms with E-state index in [0.29, 0.717) is 24.4 Å². The predicted molar refractivity (Wildman–Crippen MR) is 106 cm³/mol. The minimum Gasteiger partial charge on any atom is -0.455 e. The van der Waals surface area contributed by atoms with Crippen LogP contribution in [-0.4, -0.2) is 30.9 Å². The Morgan fingerprint density at radius 2 is 2.00 bits per heavy atom. The van der Waals surface area contributed by atoms with Gasteiger partial charge in [0.15, 0.2) is 5.76 Å². The van der Waals surface area contributed by atoms with Crippen LogP contribution in [0, 0.1) is 6.92 Å². The fourth-order valence-corrected chi connectivity index (χ4v) is 3.32. The number of furan rings is 1. The van der Waals surface area contributed by atoms with Crippen molar-refractivity contribution in [2.75, 3.05) is 13.2 Å². The van der Waals surface area contributed by atoms with E-state index in [0.717, 1.165) is 41.7 Å². The molecule has 0 unspecified atom stereocenters. The van der Waals surface area contributed by atoms with E-state index in [4.69, 9.17) is 9.15 Å². The predicted octanol–water partition coefficient (Wildman–Crippen LogP) is 3.35. The van der Waals surface area contributed by atoms with Crippen molar-refractivity contribution in [1.29, 1.82) is 0 Å². The average Bonchev–Trinajstić information content (AvgIpc) is 3.05. The molecule has 28 heavy (non-hydrogen) atoms. The number of carbonyl (C=O) groups excluding carboxylic acids is 2. The molecule has 0 bridgehead atoms. The normalized spacial score (nSPS) is 14.4. The van der Waals surface area contributed by atoms with Gasteiger partial charge in [-0.2, -0.15) is 5.10 Å². The van der Waals surface area contributed by atoms with Crippen molar-refractivity contribution in [3.05, 3.63) is 58.5 Å². The summed E-state index contributed by atoms with van der Waals surface area (Å²) in [6.07, 6.45) is 2.45. The molecule has 2 amide bonds. The van der Waals surface area contributed by atoms with Gasteiger partial charge in [-0.15, -0.1) is 0 Å². The van der Waals surface area contributed by atoms with Crippen molar-refractivity contribution in [2.24, 2.45) is 5.10 Å². The fourth-order valence-electron chi connectivity index (χ4n) is 3.32. The lowest BCUT2D eigenvalue weighted by atomic mass is 9.93. The SMILES string of the molecule is CCOC(=O)N/N=C1\CCCc2oc(C(=O)NCCc3ccccc3)c(C)c21. The number of nitrogens with one attached hydrogen (secondary N) is 2. The molecule has 0 aliphatic heterocycles. The Morgan fingerprint density at radius 3 is 2.75 bits per heavy atom. The van der Waals surface area contributed by atoms with Gasteiger partial charge in [0.1, 0.15) is 5.76 Å². The zero-order valence-corrected chi connectivity index (χ0v) is 16.2. The molecule has 1 aliphatic rings. The Labute approximate surface area is 164 Å². The maximum atomic E-state index is 12.6. The lowest BCUT2D eigenvalue weighted by Gasteiger charge is -2.13. The van der Waals surface area contributed by atoms with Crippen LogP contribution in [0.4, 0.5) is 4.79 Å². The third kappa shape index (κ3) is 4.60. The zero-order chi connectivity index (χ0) is 19.9. The third-order valence-electron chi connectivity index (χ3n) is 4.63. The number of ether oxygens (including phenoxy) is 1. The van der Waals surface area contributed by atoms with Gasteiger partial charge < -0.3 is 14.5 Å². The van der Waals surface area contributed by atoms with Crippen LogP contribution in [0.5, 0.6) is 0 Å². The van der Waals surface area contributed by atoms with Crippen LogP contribution in [0.25, 0.3) is 0 Å². The van der Waals surface area contributed by atoms with E-state index in [2.05, 4.69) is 15.8 Å². The molecule has 7 heteroatoms. The highest BCUT2D eigenvalue weighted by Crippen LogP contribution is 2.29. The molecule has 1 aromatic heterocycles. The number of carbonyl (C=O) groups is 2. The molecule has 3 rings (SSSR count). The molecule has 0 radical (unpaired) electrons. The Kier molecular flexibility index (Phi) is 6.47. The number of hydrogen-bond acceptors (Lipinski definition) is 5. The summed E-state index contributed by atoms with van der Waals surface area (Å²) in [5, 5.41) is 7.10. The second-order valence-electron chi connectivity index (χ2n) is 6.59. The van der Waals surface area contributed by atoms with E-state index in [9.17, 15) is 9.59 Å². The van der Waals surface area contributed by atoms with Crippen LogP contribution >= 0.6 is 0 Å².